The molecule has 0 aliphatic rings. The van der Waals surface area contributed by atoms with E-state index >= 15 is 0 Å². The second-order valence-corrected chi connectivity index (χ2v) is 7.81. The highest BCUT2D eigenvalue weighted by atomic mass is 32.2. The van der Waals surface area contributed by atoms with Crippen molar-refractivity contribution < 1.29 is 9.53 Å². The summed E-state index contributed by atoms with van der Waals surface area (Å²) in [5, 5.41) is 22.8. The van der Waals surface area contributed by atoms with Gasteiger partial charge in [0.15, 0.2) is 11.0 Å². The molecule has 0 aliphatic heterocycles. The van der Waals surface area contributed by atoms with Gasteiger partial charge < -0.3 is 14.6 Å². The van der Waals surface area contributed by atoms with Crippen LogP contribution < -0.4 is 10.1 Å². The maximum Gasteiger partial charge on any atom is 0.238 e. The Hall–Kier alpha value is -2.83. The molecule has 1 aromatic carbocycles. The van der Waals surface area contributed by atoms with Gasteiger partial charge in [-0.05, 0) is 30.5 Å². The van der Waals surface area contributed by atoms with Crippen molar-refractivity contribution in [3.63, 3.8) is 0 Å². The van der Waals surface area contributed by atoms with Crippen LogP contribution >= 0.6 is 23.1 Å². The number of thioether (sulfide) groups is 1. The summed E-state index contributed by atoms with van der Waals surface area (Å²) in [6, 6.07) is 11.3. The van der Waals surface area contributed by atoms with Crippen LogP contribution in [0.2, 0.25) is 0 Å². The van der Waals surface area contributed by atoms with Gasteiger partial charge in [-0.1, -0.05) is 23.9 Å². The van der Waals surface area contributed by atoms with Crippen molar-refractivity contribution in [1.29, 1.82) is 5.26 Å². The largest absolute Gasteiger partial charge is 0.496 e. The van der Waals surface area contributed by atoms with Gasteiger partial charge in [-0.2, -0.15) is 5.26 Å². The van der Waals surface area contributed by atoms with Crippen LogP contribution in [0.5, 0.6) is 5.75 Å². The van der Waals surface area contributed by atoms with E-state index in [0.717, 1.165) is 5.56 Å². The number of methoxy groups -OCH3 is 1. The van der Waals surface area contributed by atoms with Crippen LogP contribution in [-0.4, -0.2) is 33.0 Å². The predicted molar refractivity (Wildman–Crippen MR) is 106 cm³/mol. The number of carbonyl (C=O) groups is 1. The lowest BCUT2D eigenvalue weighted by Crippen LogP contribution is -2.22. The second-order valence-electron chi connectivity index (χ2n) is 5.59. The first kappa shape index (κ1) is 18.9. The Bertz CT molecular complexity index is 1010. The average molecular weight is 400 g/mol. The van der Waals surface area contributed by atoms with Crippen LogP contribution in [0.3, 0.4) is 0 Å². The number of hydrogen-bond acceptors (Lipinski definition) is 7. The zero-order valence-corrected chi connectivity index (χ0v) is 16.6. The Morgan fingerprint density at radius 2 is 2.15 bits per heavy atom. The van der Waals surface area contributed by atoms with E-state index in [1.165, 1.54) is 23.1 Å². The minimum atomic E-state index is -0.410. The van der Waals surface area contributed by atoms with Gasteiger partial charge in [0.25, 0.3) is 0 Å². The van der Waals surface area contributed by atoms with E-state index in [1.807, 2.05) is 35.9 Å². The third-order valence-corrected chi connectivity index (χ3v) is 5.82. The van der Waals surface area contributed by atoms with Crippen LogP contribution in [0.15, 0.2) is 40.9 Å². The molecule has 9 heteroatoms. The van der Waals surface area contributed by atoms with Crippen LogP contribution in [0.25, 0.3) is 11.4 Å². The molecule has 2 aromatic heterocycles. The minimum Gasteiger partial charge on any atom is -0.496 e. The monoisotopic (exact) mass is 399 g/mol. The highest BCUT2D eigenvalue weighted by Gasteiger charge is 2.21. The number of hydrogen-bond donors (Lipinski definition) is 1. The third kappa shape index (κ3) is 3.97. The van der Waals surface area contributed by atoms with Crippen LogP contribution in [0, 0.1) is 11.3 Å². The van der Waals surface area contributed by atoms with E-state index in [2.05, 4.69) is 21.6 Å². The highest BCUT2D eigenvalue weighted by molar-refractivity contribution is 8.00. The summed E-state index contributed by atoms with van der Waals surface area (Å²) in [7, 11) is 3.46. The number of nitrogens with one attached hydrogen (secondary N) is 1. The Morgan fingerprint density at radius 1 is 1.37 bits per heavy atom. The molecule has 7 nitrogen and oxygen atoms in total. The van der Waals surface area contributed by atoms with Crippen molar-refractivity contribution in [2.75, 3.05) is 12.4 Å². The van der Waals surface area contributed by atoms with E-state index in [9.17, 15) is 4.79 Å². The third-order valence-electron chi connectivity index (χ3n) is 3.86. The summed E-state index contributed by atoms with van der Waals surface area (Å²) in [5.74, 6) is 1.17. The first-order valence-electron chi connectivity index (χ1n) is 8.03. The summed E-state index contributed by atoms with van der Waals surface area (Å²) in [6.45, 7) is 1.79. The van der Waals surface area contributed by atoms with Crippen molar-refractivity contribution in [3.8, 4) is 23.2 Å². The summed E-state index contributed by atoms with van der Waals surface area (Å²) >= 11 is 2.62. The lowest BCUT2D eigenvalue weighted by atomic mass is 10.2. The molecule has 0 spiro atoms. The minimum absolute atomic E-state index is 0.194. The number of para-hydroxylation sites is 1. The molecule has 0 bridgehead atoms. The first-order chi connectivity index (χ1) is 13.0. The van der Waals surface area contributed by atoms with Gasteiger partial charge >= 0.3 is 0 Å². The first-order valence-corrected chi connectivity index (χ1v) is 9.79. The number of benzene rings is 1. The van der Waals surface area contributed by atoms with Gasteiger partial charge in [-0.3, -0.25) is 4.79 Å². The molecule has 3 rings (SSSR count). The Balaban J connectivity index is 1.75. The smallest absolute Gasteiger partial charge is 0.238 e. The molecule has 3 aromatic rings. The fourth-order valence-corrected chi connectivity index (χ4v) is 3.96. The molecule has 138 valence electrons. The molecular weight excluding hydrogens is 382 g/mol. The SMILES string of the molecule is COc1ccccc1-c1nnc(S[C@@H](C)C(=O)Nc2sccc2C#N)n1C. The fourth-order valence-electron chi connectivity index (χ4n) is 2.40. The molecular formula is C18H17N5O2S2. The molecule has 2 heterocycles. The van der Waals surface area contributed by atoms with Crippen molar-refractivity contribution in [2.24, 2.45) is 7.05 Å². The predicted octanol–water partition coefficient (Wildman–Crippen LogP) is 3.54. The summed E-state index contributed by atoms with van der Waals surface area (Å²) < 4.78 is 7.22. The molecule has 0 fully saturated rings. The number of aromatic nitrogens is 3. The van der Waals surface area contributed by atoms with Gasteiger partial charge in [0, 0.05) is 7.05 Å². The van der Waals surface area contributed by atoms with Gasteiger partial charge in [0.2, 0.25) is 5.91 Å². The van der Waals surface area contributed by atoms with E-state index in [-0.39, 0.29) is 5.91 Å². The Morgan fingerprint density at radius 3 is 2.89 bits per heavy atom. The normalized spacial score (nSPS) is 11.6. The second kappa shape index (κ2) is 8.24. The molecule has 1 atom stereocenters. The summed E-state index contributed by atoms with van der Waals surface area (Å²) in [4.78, 5) is 12.5. The fraction of sp³-hybridized carbons (Fsp3) is 0.222. The summed E-state index contributed by atoms with van der Waals surface area (Å²) in [6.07, 6.45) is 0. The molecule has 0 radical (unpaired) electrons. The highest BCUT2D eigenvalue weighted by Crippen LogP contribution is 2.31. The van der Waals surface area contributed by atoms with E-state index < -0.39 is 5.25 Å². The van der Waals surface area contributed by atoms with Gasteiger partial charge in [-0.15, -0.1) is 21.5 Å². The number of thiophene rings is 1. The van der Waals surface area contributed by atoms with Crippen molar-refractivity contribution in [1.82, 2.24) is 14.8 Å². The zero-order valence-electron chi connectivity index (χ0n) is 15.0. The van der Waals surface area contributed by atoms with E-state index in [4.69, 9.17) is 10.00 Å². The topological polar surface area (TPSA) is 92.8 Å². The standard InChI is InChI=1S/C18H17N5O2S2/c1-11(16(24)20-17-12(10-19)8-9-26-17)27-18-22-21-15(23(18)2)13-6-4-5-7-14(13)25-3/h4-9,11H,1-3H3,(H,20,24)/t11-/m0/s1. The summed E-state index contributed by atoms with van der Waals surface area (Å²) in [5.41, 5.74) is 1.29. The van der Waals surface area contributed by atoms with E-state index in [0.29, 0.717) is 27.3 Å². The van der Waals surface area contributed by atoms with Crippen molar-refractivity contribution in [3.05, 3.63) is 41.3 Å². The average Bonchev–Trinajstić information content (AvgIpc) is 3.28. The zero-order chi connectivity index (χ0) is 19.4. The number of carbonyl (C=O) groups excluding carboxylic acids is 1. The lowest BCUT2D eigenvalue weighted by Gasteiger charge is -2.11. The Kier molecular flexibility index (Phi) is 5.78. The molecule has 0 aliphatic carbocycles. The Labute approximate surface area is 165 Å². The van der Waals surface area contributed by atoms with E-state index in [1.54, 1.807) is 25.5 Å². The van der Waals surface area contributed by atoms with Crippen LogP contribution in [-0.2, 0) is 11.8 Å². The number of anilines is 1. The molecule has 0 saturated carbocycles. The quantitative estimate of drug-likeness (QED) is 0.637. The maximum atomic E-state index is 12.5. The van der Waals surface area contributed by atoms with Gasteiger partial charge in [-0.25, -0.2) is 0 Å². The lowest BCUT2D eigenvalue weighted by molar-refractivity contribution is -0.115. The molecule has 0 unspecified atom stereocenters. The van der Waals surface area contributed by atoms with Crippen LogP contribution in [0.4, 0.5) is 5.00 Å². The number of rotatable bonds is 6. The number of nitriles is 1. The molecule has 27 heavy (non-hydrogen) atoms. The maximum absolute atomic E-state index is 12.5. The molecule has 1 N–H and O–H groups in total. The van der Waals surface area contributed by atoms with Gasteiger partial charge in [0.1, 0.15) is 16.8 Å². The van der Waals surface area contributed by atoms with Crippen LogP contribution in [0.1, 0.15) is 12.5 Å². The molecule has 0 saturated heterocycles. The molecule has 1 amide bonds. The number of amides is 1. The van der Waals surface area contributed by atoms with Gasteiger partial charge in [0.05, 0.1) is 23.5 Å². The van der Waals surface area contributed by atoms with Crippen molar-refractivity contribution in [2.45, 2.75) is 17.3 Å². The van der Waals surface area contributed by atoms with Crippen molar-refractivity contribution >= 4 is 34.0 Å². The number of nitrogens with zero attached hydrogens (tertiary/aromatic N) is 4. The number of ether oxygens (including phenoxy) is 1.